The lowest BCUT2D eigenvalue weighted by molar-refractivity contribution is 0.124. The summed E-state index contributed by atoms with van der Waals surface area (Å²) in [6.45, 7) is 2.50. The summed E-state index contributed by atoms with van der Waals surface area (Å²) in [7, 11) is -2.04. The molecule has 0 amide bonds. The molecule has 1 aliphatic rings. The van der Waals surface area contributed by atoms with Crippen LogP contribution in [-0.2, 0) is 10.0 Å². The number of piperidine rings is 1. The Bertz CT molecular complexity index is 1090. The summed E-state index contributed by atoms with van der Waals surface area (Å²) in [5.74, 6) is 1.11. The van der Waals surface area contributed by atoms with Gasteiger partial charge in [-0.05, 0) is 25.0 Å². The van der Waals surface area contributed by atoms with Gasteiger partial charge in [0, 0.05) is 25.6 Å². The molecule has 0 N–H and O–H groups in total. The van der Waals surface area contributed by atoms with Crippen LogP contribution >= 0.6 is 0 Å². The van der Waals surface area contributed by atoms with E-state index in [4.69, 9.17) is 13.9 Å². The second-order valence-electron chi connectivity index (χ2n) is 6.90. The van der Waals surface area contributed by atoms with E-state index in [2.05, 4.69) is 15.0 Å². The average molecular weight is 430 g/mol. The van der Waals surface area contributed by atoms with Crippen molar-refractivity contribution in [1.82, 2.24) is 19.3 Å². The van der Waals surface area contributed by atoms with Crippen LogP contribution in [0.25, 0.3) is 11.3 Å². The van der Waals surface area contributed by atoms with Crippen LogP contribution in [0, 0.1) is 6.92 Å². The van der Waals surface area contributed by atoms with Gasteiger partial charge in [0.2, 0.25) is 10.0 Å². The normalized spacial score (nSPS) is 15.8. The molecule has 4 rings (SSSR count). The second-order valence-corrected chi connectivity index (χ2v) is 8.84. The summed E-state index contributed by atoms with van der Waals surface area (Å²) < 4.78 is 43.5. The molecule has 158 valence electrons. The van der Waals surface area contributed by atoms with Gasteiger partial charge in [-0.3, -0.25) is 0 Å². The van der Waals surface area contributed by atoms with E-state index in [0.29, 0.717) is 43.3 Å². The molecule has 0 bridgehead atoms. The fourth-order valence-electron chi connectivity index (χ4n) is 3.25. The van der Waals surface area contributed by atoms with Crippen LogP contribution in [-0.4, -0.2) is 54.0 Å². The van der Waals surface area contributed by atoms with Gasteiger partial charge >= 0.3 is 6.01 Å². The molecule has 0 atom stereocenters. The van der Waals surface area contributed by atoms with Crippen LogP contribution in [0.3, 0.4) is 0 Å². The van der Waals surface area contributed by atoms with Gasteiger partial charge in [0.05, 0.1) is 24.4 Å². The summed E-state index contributed by atoms with van der Waals surface area (Å²) >= 11 is 0. The van der Waals surface area contributed by atoms with Gasteiger partial charge in [-0.15, -0.1) is 0 Å². The predicted molar refractivity (Wildman–Crippen MR) is 108 cm³/mol. The summed E-state index contributed by atoms with van der Waals surface area (Å²) in [6.07, 6.45) is 5.60. The zero-order chi connectivity index (χ0) is 21.1. The van der Waals surface area contributed by atoms with Gasteiger partial charge in [-0.2, -0.15) is 14.3 Å². The van der Waals surface area contributed by atoms with Crippen LogP contribution in [0.4, 0.5) is 0 Å². The third kappa shape index (κ3) is 4.29. The van der Waals surface area contributed by atoms with Crippen LogP contribution in [0.15, 0.2) is 52.2 Å². The number of ether oxygens (including phenoxy) is 2. The zero-order valence-corrected chi connectivity index (χ0v) is 17.5. The van der Waals surface area contributed by atoms with E-state index >= 15 is 0 Å². The number of hydrogen-bond acceptors (Lipinski definition) is 8. The van der Waals surface area contributed by atoms with E-state index in [1.807, 2.05) is 0 Å². The maximum atomic E-state index is 13.0. The molecule has 10 heteroatoms. The Labute approximate surface area is 174 Å². The van der Waals surface area contributed by atoms with Crippen molar-refractivity contribution in [2.75, 3.05) is 20.2 Å². The smallest absolute Gasteiger partial charge is 0.316 e. The fraction of sp³-hybridized carbons (Fsp3) is 0.350. The third-order valence-corrected chi connectivity index (χ3v) is 6.83. The summed E-state index contributed by atoms with van der Waals surface area (Å²) in [4.78, 5) is 12.7. The molecular weight excluding hydrogens is 408 g/mol. The van der Waals surface area contributed by atoms with Gasteiger partial charge in [0.25, 0.3) is 0 Å². The van der Waals surface area contributed by atoms with Gasteiger partial charge < -0.3 is 13.9 Å². The molecule has 0 saturated carbocycles. The number of sulfonamides is 1. The second kappa shape index (κ2) is 8.41. The number of benzene rings is 1. The van der Waals surface area contributed by atoms with Crippen molar-refractivity contribution in [3.05, 3.63) is 48.8 Å². The quantitative estimate of drug-likeness (QED) is 0.587. The number of aromatic nitrogens is 3. The summed E-state index contributed by atoms with van der Waals surface area (Å²) in [5.41, 5.74) is 1.48. The topological polar surface area (TPSA) is 108 Å². The molecule has 3 aromatic rings. The largest absolute Gasteiger partial charge is 0.494 e. The molecule has 0 radical (unpaired) electrons. The molecular formula is C20H22N4O5S. The van der Waals surface area contributed by atoms with Crippen molar-refractivity contribution in [3.63, 3.8) is 0 Å². The van der Waals surface area contributed by atoms with Crippen LogP contribution in [0.2, 0.25) is 0 Å². The van der Waals surface area contributed by atoms with Gasteiger partial charge in [-0.25, -0.2) is 13.4 Å². The van der Waals surface area contributed by atoms with E-state index in [1.54, 1.807) is 37.5 Å². The van der Waals surface area contributed by atoms with E-state index in [0.717, 1.165) is 5.56 Å². The minimum atomic E-state index is -3.57. The van der Waals surface area contributed by atoms with Crippen LogP contribution in [0.1, 0.15) is 18.7 Å². The highest BCUT2D eigenvalue weighted by Crippen LogP contribution is 2.25. The molecule has 1 aliphatic heterocycles. The third-order valence-electron chi connectivity index (χ3n) is 4.92. The first-order valence-electron chi connectivity index (χ1n) is 9.51. The van der Waals surface area contributed by atoms with Gasteiger partial charge in [0.1, 0.15) is 18.1 Å². The van der Waals surface area contributed by atoms with Crippen molar-refractivity contribution >= 4 is 10.0 Å². The lowest BCUT2D eigenvalue weighted by Gasteiger charge is -2.30. The maximum Gasteiger partial charge on any atom is 0.316 e. The zero-order valence-electron chi connectivity index (χ0n) is 16.7. The van der Waals surface area contributed by atoms with Gasteiger partial charge in [-0.1, -0.05) is 12.1 Å². The Morgan fingerprint density at radius 1 is 1.10 bits per heavy atom. The highest BCUT2D eigenvalue weighted by molar-refractivity contribution is 7.89. The lowest BCUT2D eigenvalue weighted by atomic mass is 10.1. The lowest BCUT2D eigenvalue weighted by Crippen LogP contribution is -2.41. The molecule has 3 heterocycles. The predicted octanol–water partition coefficient (Wildman–Crippen LogP) is 2.68. The van der Waals surface area contributed by atoms with E-state index < -0.39 is 10.0 Å². The Morgan fingerprint density at radius 2 is 1.77 bits per heavy atom. The van der Waals surface area contributed by atoms with E-state index in [1.165, 1.54) is 23.8 Å². The number of aryl methyl sites for hydroxylation is 1. The summed E-state index contributed by atoms with van der Waals surface area (Å²) in [5, 5.41) is 0. The maximum absolute atomic E-state index is 13.0. The van der Waals surface area contributed by atoms with E-state index in [9.17, 15) is 8.42 Å². The molecule has 2 aromatic heterocycles. The van der Waals surface area contributed by atoms with Gasteiger partial charge in [0.15, 0.2) is 11.6 Å². The Morgan fingerprint density at radius 3 is 2.33 bits per heavy atom. The number of rotatable bonds is 6. The van der Waals surface area contributed by atoms with Crippen molar-refractivity contribution in [2.45, 2.75) is 30.8 Å². The molecule has 1 fully saturated rings. The first-order valence-corrected chi connectivity index (χ1v) is 10.9. The number of nitrogens with zero attached hydrogens (tertiary/aromatic N) is 4. The Hall–Kier alpha value is -2.98. The monoisotopic (exact) mass is 430 g/mol. The van der Waals surface area contributed by atoms with Crippen molar-refractivity contribution in [2.24, 2.45) is 0 Å². The first kappa shape index (κ1) is 20.3. The first-order chi connectivity index (χ1) is 14.5. The molecule has 30 heavy (non-hydrogen) atoms. The van der Waals surface area contributed by atoms with Crippen molar-refractivity contribution < 1.29 is 22.3 Å². The highest BCUT2D eigenvalue weighted by Gasteiger charge is 2.30. The highest BCUT2D eigenvalue weighted by atomic mass is 32.2. The summed E-state index contributed by atoms with van der Waals surface area (Å²) in [6, 6.07) is 6.93. The van der Waals surface area contributed by atoms with Crippen LogP contribution in [0.5, 0.6) is 11.8 Å². The number of methoxy groups -OCH3 is 1. The molecule has 0 aliphatic carbocycles. The Balaban J connectivity index is 1.38. The molecule has 0 spiro atoms. The average Bonchev–Trinajstić information content (AvgIpc) is 3.21. The van der Waals surface area contributed by atoms with Crippen molar-refractivity contribution in [1.29, 1.82) is 0 Å². The molecule has 0 unspecified atom stereocenters. The molecule has 1 aromatic carbocycles. The Kier molecular flexibility index (Phi) is 5.69. The number of oxazole rings is 1. The molecule has 9 nitrogen and oxygen atoms in total. The minimum absolute atomic E-state index is 0.136. The van der Waals surface area contributed by atoms with E-state index in [-0.39, 0.29) is 17.0 Å². The fourth-order valence-corrected chi connectivity index (χ4v) is 4.72. The SMILES string of the molecule is COc1cnc(OC2CCN(S(=O)(=O)c3ccc(-c4coc(C)n4)cc3)CC2)nc1. The number of hydrogen-bond donors (Lipinski definition) is 0. The van der Waals surface area contributed by atoms with Crippen LogP contribution < -0.4 is 9.47 Å². The minimum Gasteiger partial charge on any atom is -0.494 e. The van der Waals surface area contributed by atoms with Crippen molar-refractivity contribution in [3.8, 4) is 23.0 Å². The molecule has 1 saturated heterocycles. The standard InChI is InChI=1S/C20H22N4O5S/c1-14-23-19(13-28-14)15-3-5-18(6-4-15)30(25,26)24-9-7-16(8-10-24)29-20-21-11-17(27-2)12-22-20/h3-6,11-13,16H,7-10H2,1-2H3.